The van der Waals surface area contributed by atoms with Crippen LogP contribution in [0, 0.1) is 5.82 Å². The lowest BCUT2D eigenvalue weighted by atomic mass is 10.0. The molecule has 62 valence electrons. The van der Waals surface area contributed by atoms with Crippen LogP contribution in [0.3, 0.4) is 0 Å². The molecule has 0 bridgehead atoms. The molecule has 0 spiro atoms. The van der Waals surface area contributed by atoms with Gasteiger partial charge in [0.15, 0.2) is 0 Å². The highest BCUT2D eigenvalue weighted by atomic mass is 19.1. The Kier molecular flexibility index (Phi) is 1.68. The van der Waals surface area contributed by atoms with Crippen molar-refractivity contribution in [3.8, 4) is 0 Å². The molecule has 0 heterocycles. The van der Waals surface area contributed by atoms with E-state index in [-0.39, 0.29) is 5.82 Å². The van der Waals surface area contributed by atoms with E-state index < -0.39 is 0 Å². The van der Waals surface area contributed by atoms with Crippen LogP contribution in [0.25, 0.3) is 0 Å². The number of benzene rings is 1. The summed E-state index contributed by atoms with van der Waals surface area (Å²) in [5.41, 5.74) is 1.52. The number of aldehydes is 1. The first-order valence-corrected chi connectivity index (χ1v) is 4.06. The van der Waals surface area contributed by atoms with Crippen LogP contribution in [0.1, 0.15) is 34.7 Å². The molecule has 1 aromatic carbocycles. The quantitative estimate of drug-likeness (QED) is 0.614. The van der Waals surface area contributed by atoms with E-state index in [0.717, 1.165) is 24.7 Å². The van der Waals surface area contributed by atoms with Gasteiger partial charge in [-0.1, -0.05) is 0 Å². The van der Waals surface area contributed by atoms with Gasteiger partial charge in [0.05, 0.1) is 0 Å². The molecule has 0 saturated heterocycles. The van der Waals surface area contributed by atoms with Crippen LogP contribution in [0.2, 0.25) is 0 Å². The summed E-state index contributed by atoms with van der Waals surface area (Å²) >= 11 is 0. The Morgan fingerprint density at radius 3 is 2.75 bits per heavy atom. The topological polar surface area (TPSA) is 17.1 Å². The Morgan fingerprint density at radius 2 is 2.17 bits per heavy atom. The molecule has 0 radical (unpaired) electrons. The Labute approximate surface area is 70.2 Å². The fourth-order valence-corrected chi connectivity index (χ4v) is 1.40. The van der Waals surface area contributed by atoms with E-state index in [0.29, 0.717) is 11.5 Å². The molecule has 1 aromatic rings. The lowest BCUT2D eigenvalue weighted by Gasteiger charge is -2.01. The summed E-state index contributed by atoms with van der Waals surface area (Å²) in [6.07, 6.45) is 2.97. The maximum atomic E-state index is 12.8. The standard InChI is InChI=1S/C10H9FO/c11-9-4-3-8(6-12)10(5-9)7-1-2-7/h3-7H,1-2H2. The molecule has 2 rings (SSSR count). The van der Waals surface area contributed by atoms with Crippen LogP contribution in [-0.2, 0) is 0 Å². The van der Waals surface area contributed by atoms with E-state index in [1.54, 1.807) is 6.07 Å². The number of hydrogen-bond acceptors (Lipinski definition) is 1. The third kappa shape index (κ3) is 1.24. The fraction of sp³-hybridized carbons (Fsp3) is 0.300. The van der Waals surface area contributed by atoms with Crippen LogP contribution >= 0.6 is 0 Å². The third-order valence-electron chi connectivity index (χ3n) is 2.19. The number of carbonyl (C=O) groups excluding carboxylic acids is 1. The van der Waals surface area contributed by atoms with Crippen molar-refractivity contribution in [1.82, 2.24) is 0 Å². The van der Waals surface area contributed by atoms with E-state index in [1.165, 1.54) is 12.1 Å². The Hall–Kier alpha value is -1.18. The van der Waals surface area contributed by atoms with Gasteiger partial charge < -0.3 is 0 Å². The Balaban J connectivity index is 2.46. The van der Waals surface area contributed by atoms with Gasteiger partial charge in [-0.05, 0) is 42.5 Å². The summed E-state index contributed by atoms with van der Waals surface area (Å²) in [6, 6.07) is 4.35. The van der Waals surface area contributed by atoms with E-state index in [4.69, 9.17) is 0 Å². The SMILES string of the molecule is O=Cc1ccc(F)cc1C1CC1. The normalized spacial score (nSPS) is 16.1. The van der Waals surface area contributed by atoms with Gasteiger partial charge in [0.1, 0.15) is 12.1 Å². The smallest absolute Gasteiger partial charge is 0.150 e. The number of carbonyl (C=O) groups is 1. The van der Waals surface area contributed by atoms with Crippen molar-refractivity contribution < 1.29 is 9.18 Å². The molecule has 0 aliphatic heterocycles. The number of halogens is 1. The highest BCUT2D eigenvalue weighted by molar-refractivity contribution is 5.77. The molecular formula is C10H9FO. The summed E-state index contributed by atoms with van der Waals surface area (Å²) < 4.78 is 12.8. The van der Waals surface area contributed by atoms with Crippen molar-refractivity contribution in [3.05, 3.63) is 35.1 Å². The van der Waals surface area contributed by atoms with E-state index in [1.807, 2.05) is 0 Å². The van der Waals surface area contributed by atoms with Gasteiger partial charge in [-0.3, -0.25) is 4.79 Å². The summed E-state index contributed by atoms with van der Waals surface area (Å²) in [6.45, 7) is 0. The molecule has 0 amide bonds. The van der Waals surface area contributed by atoms with Crippen molar-refractivity contribution in [2.45, 2.75) is 18.8 Å². The zero-order valence-corrected chi connectivity index (χ0v) is 6.59. The molecule has 1 aliphatic rings. The zero-order chi connectivity index (χ0) is 8.55. The minimum atomic E-state index is -0.248. The van der Waals surface area contributed by atoms with E-state index in [2.05, 4.69) is 0 Å². The Bertz CT molecular complexity index is 316. The average molecular weight is 164 g/mol. The second kappa shape index (κ2) is 2.70. The van der Waals surface area contributed by atoms with Crippen molar-refractivity contribution in [2.75, 3.05) is 0 Å². The zero-order valence-electron chi connectivity index (χ0n) is 6.59. The Morgan fingerprint density at radius 1 is 1.42 bits per heavy atom. The molecule has 1 aliphatic carbocycles. The predicted octanol–water partition coefficient (Wildman–Crippen LogP) is 2.52. The van der Waals surface area contributed by atoms with Gasteiger partial charge in [-0.15, -0.1) is 0 Å². The minimum absolute atomic E-state index is 0.248. The minimum Gasteiger partial charge on any atom is -0.298 e. The van der Waals surface area contributed by atoms with Crippen molar-refractivity contribution in [2.24, 2.45) is 0 Å². The number of rotatable bonds is 2. The molecule has 2 heteroatoms. The van der Waals surface area contributed by atoms with Gasteiger partial charge in [-0.2, -0.15) is 0 Å². The molecule has 0 N–H and O–H groups in total. The average Bonchev–Trinajstić information content (AvgIpc) is 2.87. The maximum Gasteiger partial charge on any atom is 0.150 e. The van der Waals surface area contributed by atoms with Crippen LogP contribution < -0.4 is 0 Å². The first kappa shape index (κ1) is 7.47. The molecule has 1 saturated carbocycles. The van der Waals surface area contributed by atoms with Crippen molar-refractivity contribution in [3.63, 3.8) is 0 Å². The van der Waals surface area contributed by atoms with Gasteiger partial charge in [0, 0.05) is 5.56 Å². The highest BCUT2D eigenvalue weighted by Crippen LogP contribution is 2.41. The summed E-state index contributed by atoms with van der Waals surface area (Å²) in [7, 11) is 0. The van der Waals surface area contributed by atoms with Gasteiger partial charge in [0.2, 0.25) is 0 Å². The molecule has 0 atom stereocenters. The van der Waals surface area contributed by atoms with E-state index in [9.17, 15) is 9.18 Å². The second-order valence-corrected chi connectivity index (χ2v) is 3.17. The van der Waals surface area contributed by atoms with Gasteiger partial charge in [-0.25, -0.2) is 4.39 Å². The van der Waals surface area contributed by atoms with Crippen LogP contribution in [0.15, 0.2) is 18.2 Å². The first-order chi connectivity index (χ1) is 5.81. The summed E-state index contributed by atoms with van der Waals surface area (Å²) in [5, 5.41) is 0. The van der Waals surface area contributed by atoms with Crippen LogP contribution in [0.5, 0.6) is 0 Å². The molecule has 1 fully saturated rings. The van der Waals surface area contributed by atoms with Crippen LogP contribution in [0.4, 0.5) is 4.39 Å². The predicted molar refractivity (Wildman–Crippen MR) is 43.8 cm³/mol. The molecular weight excluding hydrogens is 155 g/mol. The second-order valence-electron chi connectivity index (χ2n) is 3.17. The third-order valence-corrected chi connectivity index (χ3v) is 2.19. The fourth-order valence-electron chi connectivity index (χ4n) is 1.40. The number of hydrogen-bond donors (Lipinski definition) is 0. The molecule has 1 nitrogen and oxygen atoms in total. The van der Waals surface area contributed by atoms with Crippen LogP contribution in [-0.4, -0.2) is 6.29 Å². The van der Waals surface area contributed by atoms with Crippen molar-refractivity contribution in [1.29, 1.82) is 0 Å². The van der Waals surface area contributed by atoms with E-state index >= 15 is 0 Å². The summed E-state index contributed by atoms with van der Waals surface area (Å²) in [5.74, 6) is 0.184. The highest BCUT2D eigenvalue weighted by Gasteiger charge is 2.26. The molecule has 0 aromatic heterocycles. The molecule has 0 unspecified atom stereocenters. The lowest BCUT2D eigenvalue weighted by molar-refractivity contribution is 0.112. The first-order valence-electron chi connectivity index (χ1n) is 4.06. The maximum absolute atomic E-state index is 12.8. The summed E-state index contributed by atoms with van der Waals surface area (Å²) in [4.78, 5) is 10.5. The van der Waals surface area contributed by atoms with Gasteiger partial charge in [0.25, 0.3) is 0 Å². The lowest BCUT2D eigenvalue weighted by Crippen LogP contribution is -1.91. The largest absolute Gasteiger partial charge is 0.298 e. The van der Waals surface area contributed by atoms with Crippen molar-refractivity contribution >= 4 is 6.29 Å². The molecule has 12 heavy (non-hydrogen) atoms. The van der Waals surface area contributed by atoms with Gasteiger partial charge >= 0.3 is 0 Å². The monoisotopic (exact) mass is 164 g/mol.